The summed E-state index contributed by atoms with van der Waals surface area (Å²) in [6.07, 6.45) is 1.96. The molecule has 7 heteroatoms. The summed E-state index contributed by atoms with van der Waals surface area (Å²) < 4.78 is 4.87. The fourth-order valence-corrected chi connectivity index (χ4v) is 1.49. The van der Waals surface area contributed by atoms with E-state index < -0.39 is 4.92 Å². The van der Waals surface area contributed by atoms with Crippen LogP contribution in [0.5, 0.6) is 5.75 Å². The van der Waals surface area contributed by atoms with Crippen LogP contribution in [0.3, 0.4) is 0 Å². The number of nitrogens with one attached hydrogen (secondary N) is 2. The summed E-state index contributed by atoms with van der Waals surface area (Å²) in [6, 6.07) is 4.16. The van der Waals surface area contributed by atoms with Crippen molar-refractivity contribution in [2.75, 3.05) is 12.4 Å². The van der Waals surface area contributed by atoms with E-state index in [1.807, 2.05) is 0 Å². The lowest BCUT2D eigenvalue weighted by Crippen LogP contribution is -2.30. The second-order valence-electron chi connectivity index (χ2n) is 4.02. The van der Waals surface area contributed by atoms with Crippen molar-refractivity contribution < 1.29 is 14.5 Å². The van der Waals surface area contributed by atoms with E-state index in [9.17, 15) is 14.9 Å². The molecule has 1 aliphatic rings. The molecule has 96 valence electrons. The number of ether oxygens (including phenoxy) is 1. The minimum absolute atomic E-state index is 0.160. The largest absolute Gasteiger partial charge is 0.490 e. The van der Waals surface area contributed by atoms with Crippen LogP contribution in [0.1, 0.15) is 12.8 Å². The molecule has 0 saturated heterocycles. The van der Waals surface area contributed by atoms with Crippen molar-refractivity contribution in [1.29, 1.82) is 0 Å². The first-order valence-electron chi connectivity index (χ1n) is 5.50. The molecule has 2 N–H and O–H groups in total. The van der Waals surface area contributed by atoms with Gasteiger partial charge in [0.05, 0.1) is 12.0 Å². The van der Waals surface area contributed by atoms with E-state index in [4.69, 9.17) is 4.74 Å². The number of carbonyl (C=O) groups excluding carboxylic acids is 1. The number of amides is 2. The predicted octanol–water partition coefficient (Wildman–Crippen LogP) is 1.89. The molecule has 2 amide bonds. The molecular weight excluding hydrogens is 238 g/mol. The molecule has 0 atom stereocenters. The number of urea groups is 1. The van der Waals surface area contributed by atoms with Crippen LogP contribution in [0.2, 0.25) is 0 Å². The first-order chi connectivity index (χ1) is 8.60. The van der Waals surface area contributed by atoms with Crippen LogP contribution in [0, 0.1) is 10.1 Å². The first kappa shape index (κ1) is 12.2. The zero-order valence-electron chi connectivity index (χ0n) is 9.80. The van der Waals surface area contributed by atoms with Gasteiger partial charge in [-0.3, -0.25) is 10.1 Å². The molecule has 1 aromatic carbocycles. The van der Waals surface area contributed by atoms with E-state index in [0.717, 1.165) is 12.8 Å². The van der Waals surface area contributed by atoms with Crippen LogP contribution < -0.4 is 15.4 Å². The highest BCUT2D eigenvalue weighted by Gasteiger charge is 2.23. The number of rotatable bonds is 4. The number of hydrogen-bond donors (Lipinski definition) is 2. The third-order valence-corrected chi connectivity index (χ3v) is 2.55. The third kappa shape index (κ3) is 2.88. The number of benzene rings is 1. The number of nitro benzene ring substituents is 1. The first-order valence-corrected chi connectivity index (χ1v) is 5.50. The Hall–Kier alpha value is -2.31. The lowest BCUT2D eigenvalue weighted by Gasteiger charge is -2.07. The molecular formula is C11H13N3O4. The van der Waals surface area contributed by atoms with Crippen molar-refractivity contribution in [3.05, 3.63) is 28.3 Å². The summed E-state index contributed by atoms with van der Waals surface area (Å²) in [7, 11) is 1.36. The van der Waals surface area contributed by atoms with Crippen LogP contribution >= 0.6 is 0 Å². The van der Waals surface area contributed by atoms with Crippen molar-refractivity contribution >= 4 is 17.4 Å². The molecule has 2 rings (SSSR count). The Morgan fingerprint density at radius 2 is 2.22 bits per heavy atom. The Morgan fingerprint density at radius 3 is 2.78 bits per heavy atom. The highest BCUT2D eigenvalue weighted by Crippen LogP contribution is 2.29. The molecule has 7 nitrogen and oxygen atoms in total. The molecule has 1 fully saturated rings. The van der Waals surface area contributed by atoms with Gasteiger partial charge in [-0.2, -0.15) is 0 Å². The lowest BCUT2D eigenvalue weighted by atomic mass is 10.2. The summed E-state index contributed by atoms with van der Waals surface area (Å²) in [5.74, 6) is 0.160. The standard InChI is InChI=1S/C11H13N3O4/c1-18-10-5-4-8(6-9(10)14(16)17)13-11(15)12-7-2-3-7/h4-7H,2-3H2,1H3,(H2,12,13,15). The zero-order chi connectivity index (χ0) is 13.1. The summed E-state index contributed by atoms with van der Waals surface area (Å²) in [5, 5.41) is 16.1. The summed E-state index contributed by atoms with van der Waals surface area (Å²) in [6.45, 7) is 0. The smallest absolute Gasteiger partial charge is 0.319 e. The minimum Gasteiger partial charge on any atom is -0.490 e. The Labute approximate surface area is 103 Å². The van der Waals surface area contributed by atoms with Crippen LogP contribution in [0.4, 0.5) is 16.2 Å². The number of anilines is 1. The van der Waals surface area contributed by atoms with E-state index in [1.165, 1.54) is 19.2 Å². The highest BCUT2D eigenvalue weighted by molar-refractivity contribution is 5.90. The molecule has 0 unspecified atom stereocenters. The minimum atomic E-state index is -0.553. The summed E-state index contributed by atoms with van der Waals surface area (Å²) >= 11 is 0. The topological polar surface area (TPSA) is 93.5 Å². The molecule has 0 aliphatic heterocycles. The molecule has 1 saturated carbocycles. The highest BCUT2D eigenvalue weighted by atomic mass is 16.6. The van der Waals surface area contributed by atoms with Gasteiger partial charge >= 0.3 is 11.7 Å². The van der Waals surface area contributed by atoms with E-state index in [1.54, 1.807) is 6.07 Å². The third-order valence-electron chi connectivity index (χ3n) is 2.55. The maximum absolute atomic E-state index is 11.5. The van der Waals surface area contributed by atoms with Crippen molar-refractivity contribution in [3.8, 4) is 5.75 Å². The van der Waals surface area contributed by atoms with Crippen LogP contribution in [-0.4, -0.2) is 24.1 Å². The average Bonchev–Trinajstić information content (AvgIpc) is 3.12. The van der Waals surface area contributed by atoms with Crippen molar-refractivity contribution in [1.82, 2.24) is 5.32 Å². The van der Waals surface area contributed by atoms with E-state index >= 15 is 0 Å². The Kier molecular flexibility index (Phi) is 3.31. The fourth-order valence-electron chi connectivity index (χ4n) is 1.49. The van der Waals surface area contributed by atoms with Gasteiger partial charge in [-0.25, -0.2) is 4.79 Å². The van der Waals surface area contributed by atoms with Crippen LogP contribution in [0.25, 0.3) is 0 Å². The molecule has 0 heterocycles. The second kappa shape index (κ2) is 4.91. The lowest BCUT2D eigenvalue weighted by molar-refractivity contribution is -0.385. The van der Waals surface area contributed by atoms with Crippen LogP contribution in [0.15, 0.2) is 18.2 Å². The molecule has 0 aromatic heterocycles. The van der Waals surface area contributed by atoms with Crippen molar-refractivity contribution in [2.24, 2.45) is 0 Å². The maximum Gasteiger partial charge on any atom is 0.319 e. The van der Waals surface area contributed by atoms with Gasteiger partial charge in [-0.15, -0.1) is 0 Å². The molecule has 1 aliphatic carbocycles. The van der Waals surface area contributed by atoms with E-state index in [-0.39, 0.29) is 23.5 Å². The predicted molar refractivity (Wildman–Crippen MR) is 64.8 cm³/mol. The summed E-state index contributed by atoms with van der Waals surface area (Å²) in [5.41, 5.74) is 0.183. The van der Waals surface area contributed by atoms with Gasteiger partial charge in [-0.05, 0) is 25.0 Å². The van der Waals surface area contributed by atoms with E-state index in [0.29, 0.717) is 5.69 Å². The van der Waals surface area contributed by atoms with Crippen molar-refractivity contribution in [3.63, 3.8) is 0 Å². The van der Waals surface area contributed by atoms with Crippen LogP contribution in [-0.2, 0) is 0 Å². The molecule has 1 aromatic rings. The Morgan fingerprint density at radius 1 is 1.50 bits per heavy atom. The van der Waals surface area contributed by atoms with E-state index in [2.05, 4.69) is 10.6 Å². The van der Waals surface area contributed by atoms with Gasteiger partial charge in [0.2, 0.25) is 0 Å². The van der Waals surface area contributed by atoms with Crippen molar-refractivity contribution in [2.45, 2.75) is 18.9 Å². The van der Waals surface area contributed by atoms with Gasteiger partial charge in [0.1, 0.15) is 0 Å². The average molecular weight is 251 g/mol. The monoisotopic (exact) mass is 251 g/mol. The number of nitrogens with zero attached hydrogens (tertiary/aromatic N) is 1. The number of nitro groups is 1. The number of hydrogen-bond acceptors (Lipinski definition) is 4. The zero-order valence-corrected chi connectivity index (χ0v) is 9.80. The molecule has 18 heavy (non-hydrogen) atoms. The SMILES string of the molecule is COc1ccc(NC(=O)NC2CC2)cc1[N+](=O)[O-]. The molecule has 0 radical (unpaired) electrons. The summed E-state index contributed by atoms with van der Waals surface area (Å²) in [4.78, 5) is 21.7. The maximum atomic E-state index is 11.5. The van der Waals surface area contributed by atoms with Gasteiger partial charge in [0, 0.05) is 17.8 Å². The van der Waals surface area contributed by atoms with Gasteiger partial charge < -0.3 is 15.4 Å². The van der Waals surface area contributed by atoms with Gasteiger partial charge in [0.15, 0.2) is 5.75 Å². The normalized spacial score (nSPS) is 13.8. The Balaban J connectivity index is 2.10. The number of methoxy groups -OCH3 is 1. The molecule has 0 spiro atoms. The quantitative estimate of drug-likeness (QED) is 0.631. The second-order valence-corrected chi connectivity index (χ2v) is 4.02. The fraction of sp³-hybridized carbons (Fsp3) is 0.364. The van der Waals surface area contributed by atoms with Gasteiger partial charge in [0.25, 0.3) is 0 Å². The molecule has 0 bridgehead atoms. The van der Waals surface area contributed by atoms with Gasteiger partial charge in [-0.1, -0.05) is 0 Å². The number of carbonyl (C=O) groups is 1. The Bertz CT molecular complexity index is 485.